The number of nitrogens with one attached hydrogen (secondary N) is 1. The van der Waals surface area contributed by atoms with Crippen LogP contribution < -0.4 is 5.32 Å². The number of aliphatic carboxylic acids is 1. The number of rotatable bonds is 5. The molecule has 5 nitrogen and oxygen atoms in total. The van der Waals surface area contributed by atoms with Crippen molar-refractivity contribution in [3.63, 3.8) is 0 Å². The first-order chi connectivity index (χ1) is 7.00. The average Bonchev–Trinajstić information content (AvgIpc) is 2.95. The van der Waals surface area contributed by atoms with Crippen molar-refractivity contribution in [2.24, 2.45) is 5.92 Å². The fourth-order valence-electron chi connectivity index (χ4n) is 1.38. The highest BCUT2D eigenvalue weighted by molar-refractivity contribution is 5.74. The molecular formula is C10H18N2O3. The summed E-state index contributed by atoms with van der Waals surface area (Å²) in [5, 5.41) is 11.3. The lowest BCUT2D eigenvalue weighted by molar-refractivity contribution is -0.137. The fraction of sp³-hybridized carbons (Fsp3) is 0.800. The third-order valence-corrected chi connectivity index (χ3v) is 2.54. The molecule has 1 atom stereocenters. The molecule has 5 heteroatoms. The second-order valence-corrected chi connectivity index (χ2v) is 4.23. The number of carbonyl (C=O) groups is 2. The van der Waals surface area contributed by atoms with Gasteiger partial charge in [0, 0.05) is 26.1 Å². The van der Waals surface area contributed by atoms with Gasteiger partial charge in [-0.2, -0.15) is 0 Å². The van der Waals surface area contributed by atoms with E-state index in [1.54, 1.807) is 11.9 Å². The van der Waals surface area contributed by atoms with Gasteiger partial charge in [-0.05, 0) is 18.8 Å². The lowest BCUT2D eigenvalue weighted by Gasteiger charge is -2.18. The van der Waals surface area contributed by atoms with Crippen LogP contribution in [0.5, 0.6) is 0 Å². The molecule has 86 valence electrons. The maximum atomic E-state index is 11.5. The van der Waals surface area contributed by atoms with Crippen LogP contribution in [0.4, 0.5) is 4.79 Å². The first-order valence-corrected chi connectivity index (χ1v) is 5.23. The Balaban J connectivity index is 2.17. The van der Waals surface area contributed by atoms with Crippen LogP contribution in [0.25, 0.3) is 0 Å². The van der Waals surface area contributed by atoms with Gasteiger partial charge in [0.05, 0.1) is 0 Å². The Labute approximate surface area is 89.4 Å². The summed E-state index contributed by atoms with van der Waals surface area (Å²) in [5.41, 5.74) is 0. The molecule has 0 saturated heterocycles. The highest BCUT2D eigenvalue weighted by Crippen LogP contribution is 2.25. The summed E-state index contributed by atoms with van der Waals surface area (Å²) in [6, 6.07) is 0.287. The molecule has 0 spiro atoms. The van der Waals surface area contributed by atoms with Gasteiger partial charge in [-0.3, -0.25) is 4.79 Å². The zero-order valence-electron chi connectivity index (χ0n) is 9.19. The Kier molecular flexibility index (Phi) is 3.94. The predicted molar refractivity (Wildman–Crippen MR) is 55.6 cm³/mol. The van der Waals surface area contributed by atoms with E-state index < -0.39 is 5.97 Å². The van der Waals surface area contributed by atoms with E-state index in [1.807, 2.05) is 6.92 Å². The van der Waals surface area contributed by atoms with Crippen LogP contribution in [0.3, 0.4) is 0 Å². The first-order valence-electron chi connectivity index (χ1n) is 5.23. The lowest BCUT2D eigenvalue weighted by Crippen LogP contribution is -2.40. The summed E-state index contributed by atoms with van der Waals surface area (Å²) >= 11 is 0. The van der Waals surface area contributed by atoms with E-state index in [0.717, 1.165) is 12.8 Å². The van der Waals surface area contributed by atoms with Crippen LogP contribution in [-0.2, 0) is 4.79 Å². The number of urea groups is 1. The number of amides is 2. The summed E-state index contributed by atoms with van der Waals surface area (Å²) in [6.07, 6.45) is 2.25. The molecule has 0 aromatic carbocycles. The monoisotopic (exact) mass is 214 g/mol. The van der Waals surface area contributed by atoms with Crippen LogP contribution in [0.1, 0.15) is 26.2 Å². The summed E-state index contributed by atoms with van der Waals surface area (Å²) in [7, 11) is 1.77. The second kappa shape index (κ2) is 5.00. The maximum Gasteiger partial charge on any atom is 0.317 e. The van der Waals surface area contributed by atoms with E-state index in [-0.39, 0.29) is 18.4 Å². The summed E-state index contributed by atoms with van der Waals surface area (Å²) < 4.78 is 0. The van der Waals surface area contributed by atoms with E-state index in [0.29, 0.717) is 12.6 Å². The molecular weight excluding hydrogens is 196 g/mol. The molecule has 0 aromatic heterocycles. The molecule has 0 aromatic rings. The number of carboxylic acid groups (broad SMARTS) is 1. The van der Waals surface area contributed by atoms with Crippen LogP contribution in [0.2, 0.25) is 0 Å². The normalized spacial score (nSPS) is 16.9. The van der Waals surface area contributed by atoms with Gasteiger partial charge in [-0.25, -0.2) is 4.79 Å². The number of carbonyl (C=O) groups excluding carboxylic acids is 1. The van der Waals surface area contributed by atoms with Crippen LogP contribution >= 0.6 is 0 Å². The number of carboxylic acids is 1. The summed E-state index contributed by atoms with van der Waals surface area (Å²) in [6.45, 7) is 2.23. The van der Waals surface area contributed by atoms with Crippen molar-refractivity contribution in [1.82, 2.24) is 10.2 Å². The van der Waals surface area contributed by atoms with Gasteiger partial charge in [-0.1, -0.05) is 6.92 Å². The minimum atomic E-state index is -0.827. The van der Waals surface area contributed by atoms with E-state index in [1.165, 1.54) is 0 Å². The minimum Gasteiger partial charge on any atom is -0.481 e. The van der Waals surface area contributed by atoms with Crippen molar-refractivity contribution in [3.05, 3.63) is 0 Å². The molecule has 2 N–H and O–H groups in total. The molecule has 0 heterocycles. The Morgan fingerprint density at radius 3 is 2.60 bits per heavy atom. The number of nitrogens with zero attached hydrogens (tertiary/aromatic N) is 1. The van der Waals surface area contributed by atoms with Crippen molar-refractivity contribution in [3.8, 4) is 0 Å². The third kappa shape index (κ3) is 4.18. The molecule has 1 aliphatic carbocycles. The van der Waals surface area contributed by atoms with Gasteiger partial charge in [0.1, 0.15) is 0 Å². The molecule has 1 unspecified atom stereocenters. The van der Waals surface area contributed by atoms with E-state index in [2.05, 4.69) is 5.32 Å². The number of hydrogen-bond acceptors (Lipinski definition) is 2. The molecule has 1 aliphatic rings. The van der Waals surface area contributed by atoms with E-state index in [9.17, 15) is 9.59 Å². The second-order valence-electron chi connectivity index (χ2n) is 4.23. The predicted octanol–water partition coefficient (Wildman–Crippen LogP) is 0.901. The molecule has 0 radical (unpaired) electrons. The van der Waals surface area contributed by atoms with Crippen molar-refractivity contribution in [2.45, 2.75) is 32.2 Å². The third-order valence-electron chi connectivity index (χ3n) is 2.54. The van der Waals surface area contributed by atoms with Gasteiger partial charge in [0.25, 0.3) is 0 Å². The Morgan fingerprint density at radius 2 is 2.13 bits per heavy atom. The summed E-state index contributed by atoms with van der Waals surface area (Å²) in [4.78, 5) is 23.6. The van der Waals surface area contributed by atoms with Crippen molar-refractivity contribution < 1.29 is 14.7 Å². The summed E-state index contributed by atoms with van der Waals surface area (Å²) in [5.74, 6) is -0.855. The zero-order valence-corrected chi connectivity index (χ0v) is 9.19. The smallest absolute Gasteiger partial charge is 0.317 e. The molecule has 0 bridgehead atoms. The van der Waals surface area contributed by atoms with Crippen LogP contribution in [-0.4, -0.2) is 41.6 Å². The Bertz CT molecular complexity index is 251. The highest BCUT2D eigenvalue weighted by Gasteiger charge is 2.29. The topological polar surface area (TPSA) is 69.6 Å². The largest absolute Gasteiger partial charge is 0.481 e. The highest BCUT2D eigenvalue weighted by atomic mass is 16.4. The van der Waals surface area contributed by atoms with Gasteiger partial charge in [-0.15, -0.1) is 0 Å². The number of hydrogen-bond donors (Lipinski definition) is 2. The Morgan fingerprint density at radius 1 is 1.53 bits per heavy atom. The molecule has 1 saturated carbocycles. The maximum absolute atomic E-state index is 11.5. The van der Waals surface area contributed by atoms with Gasteiger partial charge in [0.15, 0.2) is 0 Å². The SMILES string of the molecule is CC(CNC(=O)N(C)C1CC1)CC(=O)O. The quantitative estimate of drug-likeness (QED) is 0.714. The molecule has 1 fully saturated rings. The fourth-order valence-corrected chi connectivity index (χ4v) is 1.38. The van der Waals surface area contributed by atoms with Gasteiger partial charge >= 0.3 is 12.0 Å². The first kappa shape index (κ1) is 11.8. The molecule has 2 amide bonds. The standard InChI is InChI=1S/C10H18N2O3/c1-7(5-9(13)14)6-11-10(15)12(2)8-3-4-8/h7-8H,3-6H2,1-2H3,(H,11,15)(H,13,14). The minimum absolute atomic E-state index is 0.0287. The van der Waals surface area contributed by atoms with Gasteiger partial charge < -0.3 is 15.3 Å². The molecule has 1 rings (SSSR count). The lowest BCUT2D eigenvalue weighted by atomic mass is 10.1. The van der Waals surface area contributed by atoms with E-state index >= 15 is 0 Å². The van der Waals surface area contributed by atoms with Crippen LogP contribution in [0, 0.1) is 5.92 Å². The zero-order chi connectivity index (χ0) is 11.4. The van der Waals surface area contributed by atoms with Gasteiger partial charge in [0.2, 0.25) is 0 Å². The average molecular weight is 214 g/mol. The molecule has 15 heavy (non-hydrogen) atoms. The van der Waals surface area contributed by atoms with Crippen molar-refractivity contribution in [2.75, 3.05) is 13.6 Å². The molecule has 0 aliphatic heterocycles. The van der Waals surface area contributed by atoms with Crippen LogP contribution in [0.15, 0.2) is 0 Å². The van der Waals surface area contributed by atoms with Crippen molar-refractivity contribution >= 4 is 12.0 Å². The Hall–Kier alpha value is -1.26. The van der Waals surface area contributed by atoms with E-state index in [4.69, 9.17) is 5.11 Å². The van der Waals surface area contributed by atoms with Crippen molar-refractivity contribution in [1.29, 1.82) is 0 Å².